The maximum Gasteiger partial charge on any atom is 0.344 e. The molecule has 0 unspecified atom stereocenters. The predicted molar refractivity (Wildman–Crippen MR) is 78.1 cm³/mol. The van der Waals surface area contributed by atoms with Crippen LogP contribution >= 0.6 is 0 Å². The van der Waals surface area contributed by atoms with Crippen molar-refractivity contribution in [2.75, 3.05) is 13.2 Å². The van der Waals surface area contributed by atoms with E-state index in [2.05, 4.69) is 14.3 Å². The van der Waals surface area contributed by atoms with Gasteiger partial charge in [0.15, 0.2) is 0 Å². The maximum atomic E-state index is 11.3. The number of rotatable bonds is 7. The van der Waals surface area contributed by atoms with Gasteiger partial charge in [0.05, 0.1) is 25.4 Å². The van der Waals surface area contributed by atoms with Crippen molar-refractivity contribution in [1.29, 1.82) is 0 Å². The molecule has 0 spiro atoms. The number of nitrogens with zero attached hydrogens (tertiary/aromatic N) is 2. The lowest BCUT2D eigenvalue weighted by Crippen LogP contribution is -2.06. The van der Waals surface area contributed by atoms with E-state index < -0.39 is 11.9 Å². The summed E-state index contributed by atoms with van der Waals surface area (Å²) >= 11 is 0. The van der Waals surface area contributed by atoms with Crippen LogP contribution in [0.5, 0.6) is 0 Å². The van der Waals surface area contributed by atoms with Crippen LogP contribution in [0.25, 0.3) is 10.3 Å². The minimum atomic E-state index is -0.700. The van der Waals surface area contributed by atoms with Crippen molar-refractivity contribution in [3.8, 4) is 0 Å². The Labute approximate surface area is 123 Å². The summed E-state index contributed by atoms with van der Waals surface area (Å²) in [5, 5.41) is 8.76. The van der Waals surface area contributed by atoms with Crippen molar-refractivity contribution in [1.82, 2.24) is 0 Å². The number of hydrogen-bond acceptors (Lipinski definition) is 4. The van der Waals surface area contributed by atoms with Crippen molar-refractivity contribution in [2.24, 2.45) is 0 Å². The van der Waals surface area contributed by atoms with Crippen LogP contribution in [-0.2, 0) is 19.1 Å². The summed E-state index contributed by atoms with van der Waals surface area (Å²) in [6, 6.07) is 0. The molecule has 0 N–H and O–H groups in total. The zero-order valence-electron chi connectivity index (χ0n) is 11.8. The molecule has 0 fully saturated rings. The first-order valence-electron chi connectivity index (χ1n) is 6.14. The number of ether oxygens (including phenoxy) is 2. The molecule has 0 aliphatic carbocycles. The highest BCUT2D eigenvalue weighted by atomic mass is 16.5. The van der Waals surface area contributed by atoms with Gasteiger partial charge in [-0.25, -0.2) is 9.64 Å². The molecule has 0 aliphatic rings. The first-order valence-corrected chi connectivity index (χ1v) is 6.14. The lowest BCUT2D eigenvalue weighted by Gasteiger charge is -2.00. The van der Waals surface area contributed by atoms with Crippen LogP contribution in [0.15, 0.2) is 41.7 Å². The summed E-state index contributed by atoms with van der Waals surface area (Å²) in [7, 11) is 0. The highest BCUT2D eigenvalue weighted by Crippen LogP contribution is 2.01. The topological polar surface area (TPSA) is 79.3 Å². The molecule has 0 saturated carbocycles. The second-order valence-corrected chi connectivity index (χ2v) is 3.37. The van der Waals surface area contributed by atoms with Crippen molar-refractivity contribution in [3.63, 3.8) is 0 Å². The van der Waals surface area contributed by atoms with E-state index in [0.717, 1.165) is 0 Å². The zero-order chi connectivity index (χ0) is 16.1. The minimum absolute atomic E-state index is 0.138. The molecular weight excluding hydrogens is 272 g/mol. The smallest absolute Gasteiger partial charge is 0.344 e. The van der Waals surface area contributed by atoms with Gasteiger partial charge in [-0.05, 0) is 26.0 Å². The Kier molecular flexibility index (Phi) is 9.46. The van der Waals surface area contributed by atoms with Gasteiger partial charge >= 0.3 is 11.9 Å². The molecule has 21 heavy (non-hydrogen) atoms. The molecule has 0 rings (SSSR count). The Balaban J connectivity index is 4.73. The molecule has 0 aromatic heterocycles. The molecule has 110 valence electrons. The lowest BCUT2D eigenvalue weighted by molar-refractivity contribution is -0.138. The van der Waals surface area contributed by atoms with Crippen molar-refractivity contribution < 1.29 is 19.1 Å². The molecule has 0 heterocycles. The van der Waals surface area contributed by atoms with Crippen LogP contribution in [0.3, 0.4) is 0 Å². The minimum Gasteiger partial charge on any atom is -0.763 e. The quantitative estimate of drug-likeness (QED) is 0.236. The second kappa shape index (κ2) is 11.0. The molecule has 0 radical (unpaired) electrons. The third-order valence-corrected chi connectivity index (χ3v) is 1.96. The maximum absolute atomic E-state index is 11.3. The average molecular weight is 287 g/mol. The second-order valence-electron chi connectivity index (χ2n) is 3.37. The van der Waals surface area contributed by atoms with Crippen LogP contribution in [0.2, 0.25) is 0 Å². The van der Waals surface area contributed by atoms with E-state index in [0.29, 0.717) is 0 Å². The van der Waals surface area contributed by atoms with E-state index >= 15 is 0 Å². The predicted octanol–water partition coefficient (Wildman–Crippen LogP) is 2.19. The summed E-state index contributed by atoms with van der Waals surface area (Å²) in [4.78, 5) is 25.6. The first kappa shape index (κ1) is 18.1. The number of carbonyl (C=O) groups excluding carboxylic acids is 2. The van der Waals surface area contributed by atoms with E-state index in [1.54, 1.807) is 19.7 Å². The lowest BCUT2D eigenvalue weighted by atomic mass is 10.2. The molecule has 0 aliphatic heterocycles. The van der Waals surface area contributed by atoms with Crippen LogP contribution in [0, 0.1) is 6.57 Å². The Hall–Kier alpha value is -2.90. The average Bonchev–Trinajstić information content (AvgIpc) is 2.47. The molecule has 0 aromatic carbocycles. The van der Waals surface area contributed by atoms with Gasteiger partial charge in [0, 0.05) is 0 Å². The third-order valence-electron chi connectivity index (χ3n) is 1.96. The summed E-state index contributed by atoms with van der Waals surface area (Å²) in [5.41, 5.74) is -0.294. The number of hydrogen-bond donors (Lipinski definition) is 0. The fourth-order valence-electron chi connectivity index (χ4n) is 1.08. The van der Waals surface area contributed by atoms with Crippen molar-refractivity contribution in [3.05, 3.63) is 58.5 Å². The van der Waals surface area contributed by atoms with E-state index in [9.17, 15) is 9.59 Å². The van der Waals surface area contributed by atoms with Crippen LogP contribution in [0.1, 0.15) is 13.8 Å². The van der Waals surface area contributed by atoms with Gasteiger partial charge < -0.3 is 14.9 Å². The molecule has 0 amide bonds. The van der Waals surface area contributed by atoms with E-state index in [1.165, 1.54) is 30.4 Å². The van der Waals surface area contributed by atoms with Crippen molar-refractivity contribution in [2.45, 2.75) is 13.8 Å². The van der Waals surface area contributed by atoms with Gasteiger partial charge in [-0.15, -0.1) is 0 Å². The van der Waals surface area contributed by atoms with E-state index in [4.69, 9.17) is 12.0 Å². The van der Waals surface area contributed by atoms with Gasteiger partial charge in [-0.3, -0.25) is 10.7 Å². The Bertz CT molecular complexity index is 559. The van der Waals surface area contributed by atoms with Crippen LogP contribution < -0.4 is 0 Å². The molecule has 6 nitrogen and oxygen atoms in total. The molecule has 0 bridgehead atoms. The zero-order valence-corrected chi connectivity index (χ0v) is 11.8. The molecule has 6 heteroatoms. The first-order chi connectivity index (χ1) is 10.1. The Morgan fingerprint density at radius 3 is 2.29 bits per heavy atom. The fourth-order valence-corrected chi connectivity index (χ4v) is 1.08. The largest absolute Gasteiger partial charge is 0.763 e. The highest BCUT2D eigenvalue weighted by Gasteiger charge is 2.08. The standard InChI is InChI=1S/C15H15N2O4/c1-4-20-14(18)12(11-16)9-7-6-8-10-13(17-3)15(19)21-5-2/h6-10H,4-5H2,1-2H3/q-1/b8-6+,9-7+,13-10+. The summed E-state index contributed by atoms with van der Waals surface area (Å²) in [6.45, 7) is 10.5. The number of allylic oxidation sites excluding steroid dienone is 4. The summed E-state index contributed by atoms with van der Waals surface area (Å²) < 4.78 is 9.36. The fraction of sp³-hybridized carbons (Fsp3) is 0.267. The van der Waals surface area contributed by atoms with E-state index in [-0.39, 0.29) is 24.5 Å². The SMILES string of the molecule is [C-]#[N+]/C(=C/C=C/C=C/C(=C=[N-])C(=O)OCC)C(=O)OCC. The van der Waals surface area contributed by atoms with Gasteiger partial charge in [0.1, 0.15) is 0 Å². The summed E-state index contributed by atoms with van der Waals surface area (Å²) in [5.74, 6) is 0.318. The third kappa shape index (κ3) is 7.31. The molecule has 0 atom stereocenters. The molecule has 0 aromatic rings. The Morgan fingerprint density at radius 1 is 1.14 bits per heavy atom. The molecule has 0 saturated heterocycles. The van der Waals surface area contributed by atoms with E-state index in [1.807, 2.05) is 0 Å². The normalized spacial score (nSPS) is 11.0. The van der Waals surface area contributed by atoms with Gasteiger partial charge in [0.25, 0.3) is 5.70 Å². The van der Waals surface area contributed by atoms with Crippen molar-refractivity contribution >= 4 is 17.8 Å². The Morgan fingerprint density at radius 2 is 1.76 bits per heavy atom. The van der Waals surface area contributed by atoms with Gasteiger partial charge in [0.2, 0.25) is 0 Å². The van der Waals surface area contributed by atoms with Gasteiger partial charge in [-0.1, -0.05) is 18.2 Å². The number of esters is 2. The van der Waals surface area contributed by atoms with Crippen LogP contribution in [-0.4, -0.2) is 31.0 Å². The van der Waals surface area contributed by atoms with Crippen LogP contribution in [0.4, 0.5) is 0 Å². The number of carbonyl (C=O) groups is 2. The van der Waals surface area contributed by atoms with Gasteiger partial charge in [-0.2, -0.15) is 0 Å². The monoisotopic (exact) mass is 287 g/mol. The summed E-state index contributed by atoms with van der Waals surface area (Å²) in [6.07, 6.45) is 6.90. The highest BCUT2D eigenvalue weighted by molar-refractivity contribution is 6.01. The molecular formula is C15H15N2O4-.